The Hall–Kier alpha value is -1.22. The molecule has 2 saturated heterocycles. The summed E-state index contributed by atoms with van der Waals surface area (Å²) >= 11 is 0. The summed E-state index contributed by atoms with van der Waals surface area (Å²) < 4.78 is 26.8. The first kappa shape index (κ1) is 13.7. The molecule has 3 N–H and O–H groups in total. The van der Waals surface area contributed by atoms with Crippen LogP contribution in [0.25, 0.3) is 0 Å². The van der Waals surface area contributed by atoms with Gasteiger partial charge in [0.25, 0.3) is 0 Å². The van der Waals surface area contributed by atoms with Gasteiger partial charge in [-0.2, -0.15) is 4.31 Å². The van der Waals surface area contributed by atoms with Crippen LogP contribution in [0.5, 0.6) is 0 Å². The summed E-state index contributed by atoms with van der Waals surface area (Å²) in [4.78, 5) is 6.58. The van der Waals surface area contributed by atoms with E-state index in [1.165, 1.54) is 6.20 Å². The van der Waals surface area contributed by atoms with Gasteiger partial charge in [0.2, 0.25) is 10.0 Å². The first-order valence-corrected chi connectivity index (χ1v) is 8.22. The number of piperazine rings is 1. The summed E-state index contributed by atoms with van der Waals surface area (Å²) in [6, 6.07) is 3.48. The zero-order valence-corrected chi connectivity index (χ0v) is 12.0. The third-order valence-corrected chi connectivity index (χ3v) is 5.92. The van der Waals surface area contributed by atoms with Crippen LogP contribution in [-0.2, 0) is 10.0 Å². The zero-order valence-electron chi connectivity index (χ0n) is 11.2. The summed E-state index contributed by atoms with van der Waals surface area (Å²) in [5, 5.41) is 0. The van der Waals surface area contributed by atoms with Crippen molar-refractivity contribution in [2.45, 2.75) is 23.8 Å². The van der Waals surface area contributed by atoms with Crippen LogP contribution in [0.2, 0.25) is 0 Å². The van der Waals surface area contributed by atoms with Gasteiger partial charge in [-0.1, -0.05) is 0 Å². The summed E-state index contributed by atoms with van der Waals surface area (Å²) in [5.74, 6) is 5.68. The van der Waals surface area contributed by atoms with E-state index in [-0.39, 0.29) is 4.90 Å². The van der Waals surface area contributed by atoms with E-state index < -0.39 is 10.0 Å². The second-order valence-electron chi connectivity index (χ2n) is 5.22. The van der Waals surface area contributed by atoms with Gasteiger partial charge in [-0.15, -0.1) is 0 Å². The number of pyridine rings is 1. The highest BCUT2D eigenvalue weighted by molar-refractivity contribution is 7.89. The van der Waals surface area contributed by atoms with Crippen molar-refractivity contribution in [2.24, 2.45) is 5.84 Å². The van der Waals surface area contributed by atoms with Crippen molar-refractivity contribution in [1.82, 2.24) is 14.2 Å². The minimum absolute atomic E-state index is 0.225. The average molecular weight is 297 g/mol. The number of hydrogen-bond acceptors (Lipinski definition) is 6. The molecular weight excluding hydrogens is 278 g/mol. The molecule has 0 bridgehead atoms. The molecule has 0 aliphatic carbocycles. The summed E-state index contributed by atoms with van der Waals surface area (Å²) in [5.41, 5.74) is 2.39. The highest BCUT2D eigenvalue weighted by Crippen LogP contribution is 2.25. The topological polar surface area (TPSA) is 91.6 Å². The number of aromatic nitrogens is 1. The average Bonchev–Trinajstić information content (AvgIpc) is 2.94. The van der Waals surface area contributed by atoms with Crippen LogP contribution in [0.3, 0.4) is 0 Å². The number of anilines is 1. The van der Waals surface area contributed by atoms with E-state index in [4.69, 9.17) is 5.84 Å². The fourth-order valence-corrected chi connectivity index (χ4v) is 4.36. The third-order valence-electron chi connectivity index (χ3n) is 4.07. The summed E-state index contributed by atoms with van der Waals surface area (Å²) in [7, 11) is -3.45. The van der Waals surface area contributed by atoms with Crippen molar-refractivity contribution < 1.29 is 8.42 Å². The quantitative estimate of drug-likeness (QED) is 0.595. The van der Waals surface area contributed by atoms with Gasteiger partial charge in [0.05, 0.1) is 0 Å². The highest BCUT2D eigenvalue weighted by atomic mass is 32.2. The molecule has 0 radical (unpaired) electrons. The lowest BCUT2D eigenvalue weighted by atomic mass is 10.2. The molecule has 3 heterocycles. The molecule has 0 saturated carbocycles. The number of nitrogens with zero attached hydrogens (tertiary/aromatic N) is 3. The number of rotatable bonds is 3. The van der Waals surface area contributed by atoms with Gasteiger partial charge in [0, 0.05) is 31.9 Å². The molecular formula is C12H19N5O2S. The predicted molar refractivity (Wildman–Crippen MR) is 75.4 cm³/mol. The maximum Gasteiger partial charge on any atom is 0.244 e. The molecule has 110 valence electrons. The van der Waals surface area contributed by atoms with Crippen molar-refractivity contribution in [3.05, 3.63) is 18.3 Å². The smallest absolute Gasteiger partial charge is 0.244 e. The molecule has 7 nitrogen and oxygen atoms in total. The molecule has 2 aliphatic heterocycles. The van der Waals surface area contributed by atoms with Crippen molar-refractivity contribution in [2.75, 3.05) is 31.6 Å². The number of hydrazine groups is 1. The number of nitrogens with one attached hydrogen (secondary N) is 1. The van der Waals surface area contributed by atoms with Gasteiger partial charge in [0.1, 0.15) is 10.7 Å². The summed E-state index contributed by atoms with van der Waals surface area (Å²) in [6.45, 7) is 3.05. The van der Waals surface area contributed by atoms with Gasteiger partial charge >= 0.3 is 0 Å². The van der Waals surface area contributed by atoms with Crippen molar-refractivity contribution in [1.29, 1.82) is 0 Å². The standard InChI is InChI=1S/C12H19N5O2S/c13-15-12-4-3-11(8-14-12)20(18,19)17-7-6-16-5-1-2-10(16)9-17/h3-4,8,10H,1-2,5-7,9,13H2,(H,14,15). The van der Waals surface area contributed by atoms with Crippen LogP contribution in [-0.4, -0.2) is 54.8 Å². The molecule has 1 unspecified atom stereocenters. The van der Waals surface area contributed by atoms with E-state index in [0.29, 0.717) is 24.9 Å². The molecule has 2 fully saturated rings. The van der Waals surface area contributed by atoms with Crippen molar-refractivity contribution >= 4 is 15.8 Å². The van der Waals surface area contributed by atoms with E-state index in [1.807, 2.05) is 0 Å². The molecule has 3 rings (SSSR count). The largest absolute Gasteiger partial charge is 0.308 e. The van der Waals surface area contributed by atoms with E-state index >= 15 is 0 Å². The lowest BCUT2D eigenvalue weighted by Crippen LogP contribution is -2.51. The Bertz CT molecular complexity index is 574. The Labute approximate surface area is 118 Å². The van der Waals surface area contributed by atoms with Crippen LogP contribution >= 0.6 is 0 Å². The Balaban J connectivity index is 1.80. The minimum atomic E-state index is -3.45. The Morgan fingerprint density at radius 3 is 2.85 bits per heavy atom. The first-order valence-electron chi connectivity index (χ1n) is 6.78. The van der Waals surface area contributed by atoms with Gasteiger partial charge in [-0.3, -0.25) is 4.90 Å². The second kappa shape index (κ2) is 5.28. The van der Waals surface area contributed by atoms with Crippen LogP contribution in [0.4, 0.5) is 5.82 Å². The normalized spacial score (nSPS) is 24.6. The van der Waals surface area contributed by atoms with E-state index in [2.05, 4.69) is 15.3 Å². The monoisotopic (exact) mass is 297 g/mol. The first-order chi connectivity index (χ1) is 9.61. The van der Waals surface area contributed by atoms with Crippen LogP contribution in [0, 0.1) is 0 Å². The predicted octanol–water partition coefficient (Wildman–Crippen LogP) is -0.164. The van der Waals surface area contributed by atoms with Gasteiger partial charge in [0.15, 0.2) is 0 Å². The molecule has 20 heavy (non-hydrogen) atoms. The number of nitrogens with two attached hydrogens (primary N) is 1. The van der Waals surface area contributed by atoms with Gasteiger partial charge in [-0.05, 0) is 31.5 Å². The molecule has 1 aromatic rings. The van der Waals surface area contributed by atoms with Crippen molar-refractivity contribution in [3.8, 4) is 0 Å². The van der Waals surface area contributed by atoms with Crippen molar-refractivity contribution in [3.63, 3.8) is 0 Å². The van der Waals surface area contributed by atoms with Crippen LogP contribution in [0.15, 0.2) is 23.2 Å². The van der Waals surface area contributed by atoms with Crippen LogP contribution < -0.4 is 11.3 Å². The Morgan fingerprint density at radius 1 is 1.30 bits per heavy atom. The fraction of sp³-hybridized carbons (Fsp3) is 0.583. The molecule has 0 aromatic carbocycles. The second-order valence-corrected chi connectivity index (χ2v) is 7.16. The summed E-state index contributed by atoms with van der Waals surface area (Å²) in [6.07, 6.45) is 3.60. The third kappa shape index (κ3) is 2.39. The molecule has 2 aliphatic rings. The van der Waals surface area contributed by atoms with E-state index in [1.54, 1.807) is 16.4 Å². The highest BCUT2D eigenvalue weighted by Gasteiger charge is 2.36. The SMILES string of the molecule is NNc1ccc(S(=O)(=O)N2CCN3CCCC3C2)cn1. The molecule has 8 heteroatoms. The molecule has 1 atom stereocenters. The Kier molecular flexibility index (Phi) is 3.63. The molecule has 0 amide bonds. The number of sulfonamides is 1. The van der Waals surface area contributed by atoms with Crippen LogP contribution in [0.1, 0.15) is 12.8 Å². The van der Waals surface area contributed by atoms with Gasteiger partial charge in [-0.25, -0.2) is 19.2 Å². The maximum atomic E-state index is 12.6. The lowest BCUT2D eigenvalue weighted by molar-refractivity contribution is 0.158. The minimum Gasteiger partial charge on any atom is -0.308 e. The fourth-order valence-electron chi connectivity index (χ4n) is 2.95. The molecule has 0 spiro atoms. The zero-order chi connectivity index (χ0) is 14.2. The molecule has 1 aromatic heterocycles. The number of fused-ring (bicyclic) bond motifs is 1. The van der Waals surface area contributed by atoms with E-state index in [9.17, 15) is 8.42 Å². The number of nitrogen functional groups attached to an aromatic ring is 1. The number of hydrogen-bond donors (Lipinski definition) is 2. The van der Waals surface area contributed by atoms with E-state index in [0.717, 1.165) is 25.9 Å². The lowest BCUT2D eigenvalue weighted by Gasteiger charge is -2.36. The maximum absolute atomic E-state index is 12.6. The van der Waals surface area contributed by atoms with Gasteiger partial charge < -0.3 is 5.43 Å². The Morgan fingerprint density at radius 2 is 2.15 bits per heavy atom.